The van der Waals surface area contributed by atoms with E-state index in [1.54, 1.807) is 19.2 Å². The molecule has 1 aromatic carbocycles. The number of hydrogen-bond acceptors (Lipinski definition) is 3. The number of carbonyl (C=O) groups excluding carboxylic acids is 1. The van der Waals surface area contributed by atoms with Crippen molar-refractivity contribution in [2.24, 2.45) is 0 Å². The molecule has 1 aromatic heterocycles. The van der Waals surface area contributed by atoms with Gasteiger partial charge in [0, 0.05) is 56.4 Å². The van der Waals surface area contributed by atoms with Crippen LogP contribution in [0.4, 0.5) is 10.1 Å². The van der Waals surface area contributed by atoms with Crippen molar-refractivity contribution in [1.29, 1.82) is 0 Å². The molecule has 0 aliphatic carbocycles. The first-order chi connectivity index (χ1) is 10.6. The first-order valence-corrected chi connectivity index (χ1v) is 7.59. The van der Waals surface area contributed by atoms with Crippen molar-refractivity contribution in [3.8, 4) is 0 Å². The fourth-order valence-electron chi connectivity index (χ4n) is 3.13. The van der Waals surface area contributed by atoms with Crippen molar-refractivity contribution in [2.75, 3.05) is 25.0 Å². The molecule has 1 aliphatic heterocycles. The molecule has 3 rings (SSSR count). The zero-order valence-electron chi connectivity index (χ0n) is 12.9. The molecule has 22 heavy (non-hydrogen) atoms. The normalized spacial score (nSPS) is 16.0. The Labute approximate surface area is 129 Å². The van der Waals surface area contributed by atoms with Gasteiger partial charge < -0.3 is 9.80 Å². The molecule has 4 nitrogen and oxygen atoms in total. The summed E-state index contributed by atoms with van der Waals surface area (Å²) in [6, 6.07) is 7.02. The van der Waals surface area contributed by atoms with Crippen molar-refractivity contribution in [2.45, 2.75) is 25.8 Å². The van der Waals surface area contributed by atoms with Gasteiger partial charge in [0.05, 0.1) is 5.52 Å². The van der Waals surface area contributed by atoms with Gasteiger partial charge in [-0.05, 0) is 31.0 Å². The zero-order chi connectivity index (χ0) is 15.7. The molecular formula is C17H20FN3O. The summed E-state index contributed by atoms with van der Waals surface area (Å²) in [5.74, 6) is -0.151. The van der Waals surface area contributed by atoms with Crippen LogP contribution in [0.25, 0.3) is 10.9 Å². The Morgan fingerprint density at radius 3 is 2.73 bits per heavy atom. The number of anilines is 1. The van der Waals surface area contributed by atoms with Crippen molar-refractivity contribution in [3.63, 3.8) is 0 Å². The SMILES string of the molecule is CC(=O)N(C)C1CCN(c2ccnc3cc(F)ccc23)CC1. The maximum Gasteiger partial charge on any atom is 0.219 e. The number of halogens is 1. The lowest BCUT2D eigenvalue weighted by atomic mass is 10.0. The highest BCUT2D eigenvalue weighted by molar-refractivity contribution is 5.91. The van der Waals surface area contributed by atoms with Gasteiger partial charge in [-0.15, -0.1) is 0 Å². The fourth-order valence-corrected chi connectivity index (χ4v) is 3.13. The minimum absolute atomic E-state index is 0.114. The number of pyridine rings is 1. The molecular weight excluding hydrogens is 281 g/mol. The van der Waals surface area contributed by atoms with Gasteiger partial charge in [-0.25, -0.2) is 4.39 Å². The van der Waals surface area contributed by atoms with Gasteiger partial charge in [-0.2, -0.15) is 0 Å². The molecule has 1 amide bonds. The van der Waals surface area contributed by atoms with Crippen LogP contribution in [-0.2, 0) is 4.79 Å². The van der Waals surface area contributed by atoms with Crippen LogP contribution in [0.5, 0.6) is 0 Å². The van der Waals surface area contributed by atoms with Crippen molar-refractivity contribution >= 4 is 22.5 Å². The van der Waals surface area contributed by atoms with Crippen LogP contribution in [0.2, 0.25) is 0 Å². The molecule has 0 N–H and O–H groups in total. The fraction of sp³-hybridized carbons (Fsp3) is 0.412. The number of carbonyl (C=O) groups is 1. The van der Waals surface area contributed by atoms with Gasteiger partial charge >= 0.3 is 0 Å². The Bertz CT molecular complexity index is 695. The summed E-state index contributed by atoms with van der Waals surface area (Å²) in [4.78, 5) is 19.8. The Balaban J connectivity index is 1.81. The smallest absolute Gasteiger partial charge is 0.219 e. The molecule has 1 fully saturated rings. The molecule has 2 heterocycles. The molecule has 0 saturated carbocycles. The average Bonchev–Trinajstić information content (AvgIpc) is 2.53. The molecule has 0 radical (unpaired) electrons. The molecule has 0 atom stereocenters. The van der Waals surface area contributed by atoms with Crippen LogP contribution in [0.15, 0.2) is 30.5 Å². The van der Waals surface area contributed by atoms with Crippen LogP contribution in [-0.4, -0.2) is 42.0 Å². The Morgan fingerprint density at radius 1 is 1.32 bits per heavy atom. The first kappa shape index (κ1) is 14.8. The zero-order valence-corrected chi connectivity index (χ0v) is 12.9. The highest BCUT2D eigenvalue weighted by Crippen LogP contribution is 2.29. The monoisotopic (exact) mass is 301 g/mol. The van der Waals surface area contributed by atoms with E-state index in [2.05, 4.69) is 9.88 Å². The van der Waals surface area contributed by atoms with Gasteiger partial charge in [0.25, 0.3) is 0 Å². The second-order valence-electron chi connectivity index (χ2n) is 5.84. The van der Waals surface area contributed by atoms with Crippen molar-refractivity contribution in [3.05, 3.63) is 36.3 Å². The maximum atomic E-state index is 13.3. The number of piperidine rings is 1. The van der Waals surface area contributed by atoms with Crippen LogP contribution in [0.1, 0.15) is 19.8 Å². The summed E-state index contributed by atoms with van der Waals surface area (Å²) in [5, 5.41) is 0.974. The van der Waals surface area contributed by atoms with Crippen LogP contribution < -0.4 is 4.90 Å². The topological polar surface area (TPSA) is 36.4 Å². The van der Waals surface area contributed by atoms with Crippen LogP contribution in [0.3, 0.4) is 0 Å². The molecule has 116 valence electrons. The van der Waals surface area contributed by atoms with Crippen LogP contribution in [0, 0.1) is 5.82 Å². The lowest BCUT2D eigenvalue weighted by Gasteiger charge is -2.37. The van der Waals surface area contributed by atoms with Crippen molar-refractivity contribution < 1.29 is 9.18 Å². The second-order valence-corrected chi connectivity index (χ2v) is 5.84. The summed E-state index contributed by atoms with van der Waals surface area (Å²) in [6.07, 6.45) is 3.62. The van der Waals surface area contributed by atoms with E-state index < -0.39 is 0 Å². The van der Waals surface area contributed by atoms with Gasteiger partial charge in [0.1, 0.15) is 5.82 Å². The predicted molar refractivity (Wildman–Crippen MR) is 85.4 cm³/mol. The first-order valence-electron chi connectivity index (χ1n) is 7.59. The van der Waals surface area contributed by atoms with E-state index in [1.165, 1.54) is 12.1 Å². The van der Waals surface area contributed by atoms with Crippen LogP contribution >= 0.6 is 0 Å². The molecule has 0 spiro atoms. The van der Waals surface area contributed by atoms with E-state index in [0.29, 0.717) is 11.6 Å². The van der Waals surface area contributed by atoms with E-state index in [9.17, 15) is 9.18 Å². The van der Waals surface area contributed by atoms with Crippen molar-refractivity contribution in [1.82, 2.24) is 9.88 Å². The number of aromatic nitrogens is 1. The largest absolute Gasteiger partial charge is 0.371 e. The lowest BCUT2D eigenvalue weighted by Crippen LogP contribution is -2.45. The third kappa shape index (κ3) is 2.75. The molecule has 0 unspecified atom stereocenters. The Kier molecular flexibility index (Phi) is 3.96. The molecule has 1 saturated heterocycles. The summed E-state index contributed by atoms with van der Waals surface area (Å²) < 4.78 is 13.3. The standard InChI is InChI=1S/C17H20FN3O/c1-12(22)20(2)14-6-9-21(10-7-14)17-5-8-19-16-11-13(18)3-4-15(16)17/h3-5,8,11,14H,6-7,9-10H2,1-2H3. The number of benzene rings is 1. The summed E-state index contributed by atoms with van der Waals surface area (Å²) in [5.41, 5.74) is 1.77. The van der Waals surface area contributed by atoms with Gasteiger partial charge in [0.2, 0.25) is 5.91 Å². The Hall–Kier alpha value is -2.17. The average molecular weight is 301 g/mol. The number of nitrogens with zero attached hydrogens (tertiary/aromatic N) is 3. The quantitative estimate of drug-likeness (QED) is 0.856. The minimum atomic E-state index is -0.265. The summed E-state index contributed by atoms with van der Waals surface area (Å²) in [7, 11) is 1.87. The number of rotatable bonds is 2. The van der Waals surface area contributed by atoms with Gasteiger partial charge in [0.15, 0.2) is 0 Å². The molecule has 2 aromatic rings. The van der Waals surface area contributed by atoms with E-state index in [4.69, 9.17) is 0 Å². The lowest BCUT2D eigenvalue weighted by molar-refractivity contribution is -0.129. The second kappa shape index (κ2) is 5.91. The number of hydrogen-bond donors (Lipinski definition) is 0. The van der Waals surface area contributed by atoms with E-state index >= 15 is 0 Å². The maximum absolute atomic E-state index is 13.3. The molecule has 1 aliphatic rings. The molecule has 0 bridgehead atoms. The minimum Gasteiger partial charge on any atom is -0.371 e. The predicted octanol–water partition coefficient (Wildman–Crippen LogP) is 2.82. The highest BCUT2D eigenvalue weighted by Gasteiger charge is 2.24. The number of fused-ring (bicyclic) bond motifs is 1. The van der Waals surface area contributed by atoms with E-state index in [-0.39, 0.29) is 11.7 Å². The third-order valence-electron chi connectivity index (χ3n) is 4.53. The van der Waals surface area contributed by atoms with Gasteiger partial charge in [-0.1, -0.05) is 0 Å². The number of amides is 1. The summed E-state index contributed by atoms with van der Waals surface area (Å²) in [6.45, 7) is 3.38. The highest BCUT2D eigenvalue weighted by atomic mass is 19.1. The Morgan fingerprint density at radius 2 is 2.05 bits per heavy atom. The summed E-state index contributed by atoms with van der Waals surface area (Å²) >= 11 is 0. The van der Waals surface area contributed by atoms with E-state index in [1.807, 2.05) is 18.0 Å². The van der Waals surface area contributed by atoms with Gasteiger partial charge in [-0.3, -0.25) is 9.78 Å². The van der Waals surface area contributed by atoms with E-state index in [0.717, 1.165) is 37.0 Å². The molecule has 5 heteroatoms. The third-order valence-corrected chi connectivity index (χ3v) is 4.53.